The highest BCUT2D eigenvalue weighted by Crippen LogP contribution is 2.11. The lowest BCUT2D eigenvalue weighted by molar-refractivity contribution is 0.319. The highest BCUT2D eigenvalue weighted by atomic mass is 16.5. The zero-order valence-electron chi connectivity index (χ0n) is 13.2. The van der Waals surface area contributed by atoms with Gasteiger partial charge in [0.1, 0.15) is 5.76 Å². The minimum Gasteiger partial charge on any atom is -0.361 e. The van der Waals surface area contributed by atoms with Crippen LogP contribution in [-0.4, -0.2) is 30.2 Å². The lowest BCUT2D eigenvalue weighted by atomic mass is 10.2. The summed E-state index contributed by atoms with van der Waals surface area (Å²) in [5.41, 5.74) is 3.54. The molecule has 1 N–H and O–H groups in total. The molecule has 0 aliphatic heterocycles. The largest absolute Gasteiger partial charge is 0.361 e. The third-order valence-corrected chi connectivity index (χ3v) is 3.67. The van der Waals surface area contributed by atoms with Crippen LogP contribution in [0.1, 0.15) is 29.0 Å². The van der Waals surface area contributed by atoms with Crippen molar-refractivity contribution in [1.82, 2.24) is 15.4 Å². The third-order valence-electron chi connectivity index (χ3n) is 3.67. The number of aromatic nitrogens is 1. The Morgan fingerprint density at radius 3 is 2.62 bits per heavy atom. The fourth-order valence-corrected chi connectivity index (χ4v) is 2.42. The van der Waals surface area contributed by atoms with Crippen LogP contribution in [0.25, 0.3) is 0 Å². The summed E-state index contributed by atoms with van der Waals surface area (Å²) in [7, 11) is 2.17. The first-order chi connectivity index (χ1) is 10.2. The minimum atomic E-state index is 0.837. The highest BCUT2D eigenvalue weighted by Gasteiger charge is 2.07. The van der Waals surface area contributed by atoms with Gasteiger partial charge in [0, 0.05) is 18.7 Å². The number of aryl methyl sites for hydroxylation is 2. The molecule has 2 rings (SSSR count). The minimum absolute atomic E-state index is 0.837. The summed E-state index contributed by atoms with van der Waals surface area (Å²) >= 11 is 0. The Morgan fingerprint density at radius 2 is 1.95 bits per heavy atom. The molecule has 1 heterocycles. The molecule has 0 bridgehead atoms. The van der Waals surface area contributed by atoms with E-state index in [1.54, 1.807) is 0 Å². The summed E-state index contributed by atoms with van der Waals surface area (Å²) in [6, 6.07) is 10.6. The van der Waals surface area contributed by atoms with Crippen molar-refractivity contribution >= 4 is 0 Å². The first-order valence-electron chi connectivity index (χ1n) is 7.51. The summed E-state index contributed by atoms with van der Waals surface area (Å²) in [4.78, 5) is 2.35. The van der Waals surface area contributed by atoms with E-state index in [1.165, 1.54) is 11.1 Å². The predicted molar refractivity (Wildman–Crippen MR) is 85.1 cm³/mol. The molecule has 21 heavy (non-hydrogen) atoms. The van der Waals surface area contributed by atoms with Crippen molar-refractivity contribution in [3.8, 4) is 0 Å². The second-order valence-corrected chi connectivity index (χ2v) is 5.56. The predicted octanol–water partition coefficient (Wildman–Crippen LogP) is 2.90. The molecule has 1 aromatic heterocycles. The fourth-order valence-electron chi connectivity index (χ4n) is 2.42. The molecular weight excluding hydrogens is 262 g/mol. The van der Waals surface area contributed by atoms with E-state index in [0.29, 0.717) is 0 Å². The van der Waals surface area contributed by atoms with Crippen LogP contribution in [0.5, 0.6) is 0 Å². The summed E-state index contributed by atoms with van der Waals surface area (Å²) < 4.78 is 5.16. The highest BCUT2D eigenvalue weighted by molar-refractivity contribution is 5.20. The Hall–Kier alpha value is -1.65. The number of nitrogens with zero attached hydrogens (tertiary/aromatic N) is 2. The number of hydrogen-bond acceptors (Lipinski definition) is 4. The van der Waals surface area contributed by atoms with E-state index in [1.807, 2.05) is 13.8 Å². The molecule has 0 fully saturated rings. The Balaban J connectivity index is 1.61. The Bertz CT molecular complexity index is 517. The molecule has 0 aliphatic rings. The standard InChI is InChI=1S/C17H25N3O/c1-14-17(15(2)21-19-14)12-18-10-7-11-20(3)13-16-8-5-4-6-9-16/h4-6,8-9,18H,7,10-13H2,1-3H3. The van der Waals surface area contributed by atoms with Crippen LogP contribution in [0, 0.1) is 13.8 Å². The van der Waals surface area contributed by atoms with Crippen LogP contribution < -0.4 is 5.32 Å². The van der Waals surface area contributed by atoms with E-state index >= 15 is 0 Å². The first-order valence-corrected chi connectivity index (χ1v) is 7.51. The molecule has 4 nitrogen and oxygen atoms in total. The number of rotatable bonds is 8. The van der Waals surface area contributed by atoms with E-state index in [0.717, 1.165) is 44.1 Å². The summed E-state index contributed by atoms with van der Waals surface area (Å²) in [6.07, 6.45) is 1.13. The van der Waals surface area contributed by atoms with Gasteiger partial charge in [-0.25, -0.2) is 0 Å². The third kappa shape index (κ3) is 4.99. The van der Waals surface area contributed by atoms with Crippen molar-refractivity contribution < 1.29 is 4.52 Å². The molecule has 0 unspecified atom stereocenters. The Labute approximate surface area is 127 Å². The number of hydrogen-bond donors (Lipinski definition) is 1. The van der Waals surface area contributed by atoms with E-state index in [-0.39, 0.29) is 0 Å². The van der Waals surface area contributed by atoms with Gasteiger partial charge in [0.25, 0.3) is 0 Å². The van der Waals surface area contributed by atoms with Crippen molar-refractivity contribution in [3.05, 3.63) is 52.9 Å². The molecule has 0 saturated carbocycles. The molecule has 0 saturated heterocycles. The van der Waals surface area contributed by atoms with Crippen molar-refractivity contribution in [2.75, 3.05) is 20.1 Å². The van der Waals surface area contributed by atoms with Gasteiger partial charge in [-0.3, -0.25) is 0 Å². The van der Waals surface area contributed by atoms with Crippen molar-refractivity contribution in [1.29, 1.82) is 0 Å². The quantitative estimate of drug-likeness (QED) is 0.758. The van der Waals surface area contributed by atoms with E-state index < -0.39 is 0 Å². The average molecular weight is 287 g/mol. The smallest absolute Gasteiger partial charge is 0.138 e. The van der Waals surface area contributed by atoms with Gasteiger partial charge in [0.15, 0.2) is 0 Å². The van der Waals surface area contributed by atoms with Gasteiger partial charge in [-0.1, -0.05) is 35.5 Å². The Kier molecular flexibility index (Phi) is 5.96. The lowest BCUT2D eigenvalue weighted by Gasteiger charge is -2.16. The van der Waals surface area contributed by atoms with E-state index in [9.17, 15) is 0 Å². The van der Waals surface area contributed by atoms with Crippen LogP contribution >= 0.6 is 0 Å². The maximum Gasteiger partial charge on any atom is 0.138 e. The Morgan fingerprint density at radius 1 is 1.19 bits per heavy atom. The van der Waals surface area contributed by atoms with Gasteiger partial charge in [-0.05, 0) is 46.0 Å². The molecular formula is C17H25N3O. The first kappa shape index (κ1) is 15.7. The zero-order chi connectivity index (χ0) is 15.1. The summed E-state index contributed by atoms with van der Waals surface area (Å²) in [6.45, 7) is 7.88. The van der Waals surface area contributed by atoms with Crippen LogP contribution in [0.2, 0.25) is 0 Å². The molecule has 0 amide bonds. The van der Waals surface area contributed by atoms with Gasteiger partial charge in [-0.2, -0.15) is 0 Å². The lowest BCUT2D eigenvalue weighted by Crippen LogP contribution is -2.24. The zero-order valence-corrected chi connectivity index (χ0v) is 13.2. The van der Waals surface area contributed by atoms with E-state index in [4.69, 9.17) is 4.52 Å². The number of nitrogens with one attached hydrogen (secondary N) is 1. The van der Waals surface area contributed by atoms with Gasteiger partial charge < -0.3 is 14.7 Å². The molecule has 114 valence electrons. The SMILES string of the molecule is Cc1noc(C)c1CNCCCN(C)Cc1ccccc1. The van der Waals surface area contributed by atoms with Gasteiger partial charge in [0.2, 0.25) is 0 Å². The molecule has 1 aromatic carbocycles. The molecule has 0 aliphatic carbocycles. The average Bonchev–Trinajstić information content (AvgIpc) is 2.79. The summed E-state index contributed by atoms with van der Waals surface area (Å²) in [5.74, 6) is 0.918. The molecule has 2 aromatic rings. The summed E-state index contributed by atoms with van der Waals surface area (Å²) in [5, 5.41) is 7.43. The second-order valence-electron chi connectivity index (χ2n) is 5.56. The normalized spacial score (nSPS) is 11.2. The van der Waals surface area contributed by atoms with Crippen LogP contribution in [0.4, 0.5) is 0 Å². The molecule has 0 atom stereocenters. The van der Waals surface area contributed by atoms with E-state index in [2.05, 4.69) is 52.8 Å². The maximum atomic E-state index is 5.16. The van der Waals surface area contributed by atoms with Crippen molar-refractivity contribution in [2.45, 2.75) is 33.4 Å². The molecule has 0 spiro atoms. The van der Waals surface area contributed by atoms with Crippen LogP contribution in [0.3, 0.4) is 0 Å². The van der Waals surface area contributed by atoms with Crippen LogP contribution in [0.15, 0.2) is 34.9 Å². The van der Waals surface area contributed by atoms with Gasteiger partial charge in [-0.15, -0.1) is 0 Å². The van der Waals surface area contributed by atoms with Crippen molar-refractivity contribution in [2.24, 2.45) is 0 Å². The molecule has 0 radical (unpaired) electrons. The monoisotopic (exact) mass is 287 g/mol. The van der Waals surface area contributed by atoms with Crippen LogP contribution in [-0.2, 0) is 13.1 Å². The second kappa shape index (κ2) is 7.96. The maximum absolute atomic E-state index is 5.16. The van der Waals surface area contributed by atoms with Crippen molar-refractivity contribution in [3.63, 3.8) is 0 Å². The topological polar surface area (TPSA) is 41.3 Å². The van der Waals surface area contributed by atoms with Gasteiger partial charge >= 0.3 is 0 Å². The van der Waals surface area contributed by atoms with Gasteiger partial charge in [0.05, 0.1) is 5.69 Å². The molecule has 4 heteroatoms. The fraction of sp³-hybridized carbons (Fsp3) is 0.471. The number of benzene rings is 1.